The normalized spacial score (nSPS) is 14.4. The maximum absolute atomic E-state index is 13.2. The quantitative estimate of drug-likeness (QED) is 0.802. The van der Waals surface area contributed by atoms with Crippen LogP contribution in [-0.2, 0) is 6.54 Å². The lowest BCUT2D eigenvalue weighted by Gasteiger charge is -1.98. The Morgan fingerprint density at radius 2 is 2.23 bits per heavy atom. The van der Waals surface area contributed by atoms with Crippen molar-refractivity contribution in [3.05, 3.63) is 46.7 Å². The first-order valence-corrected chi connectivity index (χ1v) is 7.80. The molecule has 1 aliphatic carbocycles. The Hall–Kier alpha value is -2.28. The van der Waals surface area contributed by atoms with Crippen LogP contribution < -0.4 is 5.32 Å². The van der Waals surface area contributed by atoms with Crippen LogP contribution in [0.25, 0.3) is 10.1 Å². The van der Waals surface area contributed by atoms with Crippen LogP contribution in [0.5, 0.6) is 0 Å². The first-order valence-electron chi connectivity index (χ1n) is 6.98. The van der Waals surface area contributed by atoms with E-state index in [1.54, 1.807) is 12.1 Å². The Morgan fingerprint density at radius 3 is 3.05 bits per heavy atom. The maximum Gasteiger partial charge on any atom is 0.261 e. The van der Waals surface area contributed by atoms with Gasteiger partial charge in [-0.05, 0) is 42.5 Å². The molecule has 0 saturated heterocycles. The zero-order valence-electron chi connectivity index (χ0n) is 11.5. The van der Waals surface area contributed by atoms with Gasteiger partial charge in [-0.15, -0.1) is 21.5 Å². The van der Waals surface area contributed by atoms with Crippen LogP contribution in [0.1, 0.15) is 40.2 Å². The molecule has 2 aromatic heterocycles. The van der Waals surface area contributed by atoms with Gasteiger partial charge in [-0.2, -0.15) is 0 Å². The Morgan fingerprint density at radius 1 is 1.36 bits per heavy atom. The number of aromatic nitrogens is 2. The van der Waals surface area contributed by atoms with E-state index >= 15 is 0 Å². The molecule has 3 aromatic rings. The average Bonchev–Trinajstić information content (AvgIpc) is 3.10. The summed E-state index contributed by atoms with van der Waals surface area (Å²) in [5, 5.41) is 11.4. The summed E-state index contributed by atoms with van der Waals surface area (Å²) in [6.45, 7) is 0.196. The Bertz CT molecular complexity index is 853. The molecule has 0 spiro atoms. The van der Waals surface area contributed by atoms with Gasteiger partial charge in [-0.1, -0.05) is 0 Å². The molecule has 1 N–H and O–H groups in total. The fourth-order valence-electron chi connectivity index (χ4n) is 2.20. The molecule has 1 aromatic carbocycles. The minimum absolute atomic E-state index is 0.196. The molecule has 5 nitrogen and oxygen atoms in total. The second-order valence-electron chi connectivity index (χ2n) is 5.28. The van der Waals surface area contributed by atoms with Crippen LogP contribution in [0.2, 0.25) is 0 Å². The molecule has 1 aliphatic rings. The van der Waals surface area contributed by atoms with E-state index in [1.165, 1.54) is 23.5 Å². The number of fused-ring (bicyclic) bond motifs is 1. The van der Waals surface area contributed by atoms with Gasteiger partial charge in [0.05, 0.1) is 11.4 Å². The smallest absolute Gasteiger partial charge is 0.261 e. The zero-order chi connectivity index (χ0) is 15.1. The van der Waals surface area contributed by atoms with Crippen molar-refractivity contribution in [1.29, 1.82) is 0 Å². The van der Waals surface area contributed by atoms with Crippen molar-refractivity contribution in [1.82, 2.24) is 15.5 Å². The molecule has 0 bridgehead atoms. The Balaban J connectivity index is 1.45. The predicted molar refractivity (Wildman–Crippen MR) is 79.2 cm³/mol. The van der Waals surface area contributed by atoms with Crippen molar-refractivity contribution in [2.45, 2.75) is 25.3 Å². The van der Waals surface area contributed by atoms with Gasteiger partial charge in [0.15, 0.2) is 0 Å². The van der Waals surface area contributed by atoms with Gasteiger partial charge in [-0.3, -0.25) is 4.79 Å². The lowest BCUT2D eigenvalue weighted by atomic mass is 10.2. The number of benzene rings is 1. The second-order valence-corrected chi connectivity index (χ2v) is 6.37. The molecule has 7 heteroatoms. The molecule has 22 heavy (non-hydrogen) atoms. The summed E-state index contributed by atoms with van der Waals surface area (Å²) < 4.78 is 19.5. The highest BCUT2D eigenvalue weighted by Crippen LogP contribution is 2.38. The molecule has 0 aliphatic heterocycles. The van der Waals surface area contributed by atoms with Crippen molar-refractivity contribution >= 4 is 27.3 Å². The summed E-state index contributed by atoms with van der Waals surface area (Å²) in [5.41, 5.74) is 0. The number of hydrogen-bond acceptors (Lipinski definition) is 5. The zero-order valence-corrected chi connectivity index (χ0v) is 12.3. The molecular weight excluding hydrogens is 305 g/mol. The van der Waals surface area contributed by atoms with E-state index < -0.39 is 0 Å². The van der Waals surface area contributed by atoms with Crippen molar-refractivity contribution in [2.75, 3.05) is 0 Å². The van der Waals surface area contributed by atoms with Crippen LogP contribution in [0.3, 0.4) is 0 Å². The Kier molecular flexibility index (Phi) is 3.15. The van der Waals surface area contributed by atoms with Crippen LogP contribution in [-0.4, -0.2) is 16.1 Å². The van der Waals surface area contributed by atoms with Crippen LogP contribution in [0, 0.1) is 5.82 Å². The number of carbonyl (C=O) groups excluding carboxylic acids is 1. The summed E-state index contributed by atoms with van der Waals surface area (Å²) >= 11 is 1.32. The molecule has 112 valence electrons. The molecule has 1 saturated carbocycles. The third-order valence-electron chi connectivity index (χ3n) is 3.51. The number of rotatable bonds is 4. The van der Waals surface area contributed by atoms with Crippen molar-refractivity contribution < 1.29 is 13.6 Å². The molecule has 0 atom stereocenters. The number of thiophene rings is 1. The summed E-state index contributed by atoms with van der Waals surface area (Å²) in [7, 11) is 0. The van der Waals surface area contributed by atoms with Crippen molar-refractivity contribution in [3.63, 3.8) is 0 Å². The topological polar surface area (TPSA) is 68.0 Å². The van der Waals surface area contributed by atoms with Crippen LogP contribution >= 0.6 is 11.3 Å². The third kappa shape index (κ3) is 2.59. The van der Waals surface area contributed by atoms with Gasteiger partial charge in [0, 0.05) is 10.6 Å². The van der Waals surface area contributed by atoms with E-state index in [0.29, 0.717) is 22.6 Å². The standard InChI is InChI=1S/C15H12FN3O2S/c16-10-3-4-11-9(5-10)6-12(22-11)14(20)17-7-13-18-19-15(21-13)8-1-2-8/h3-6,8H,1-2,7H2,(H,17,20). The number of amides is 1. The van der Waals surface area contributed by atoms with E-state index in [-0.39, 0.29) is 18.3 Å². The predicted octanol–water partition coefficient (Wildman–Crippen LogP) is 3.23. The number of nitrogens with zero attached hydrogens (tertiary/aromatic N) is 2. The molecular formula is C15H12FN3O2S. The van der Waals surface area contributed by atoms with Gasteiger partial charge < -0.3 is 9.73 Å². The second kappa shape index (κ2) is 5.17. The molecule has 1 amide bonds. The number of hydrogen-bond donors (Lipinski definition) is 1. The molecule has 1 fully saturated rings. The van der Waals surface area contributed by atoms with Crippen molar-refractivity contribution in [3.8, 4) is 0 Å². The molecule has 4 rings (SSSR count). The highest BCUT2D eigenvalue weighted by atomic mass is 32.1. The third-order valence-corrected chi connectivity index (χ3v) is 4.63. The van der Waals surface area contributed by atoms with E-state index in [1.807, 2.05) is 0 Å². The minimum atomic E-state index is -0.310. The van der Waals surface area contributed by atoms with Crippen LogP contribution in [0.4, 0.5) is 4.39 Å². The first kappa shape index (κ1) is 13.4. The van der Waals surface area contributed by atoms with Gasteiger partial charge in [0.1, 0.15) is 5.82 Å². The lowest BCUT2D eigenvalue weighted by molar-refractivity contribution is 0.0951. The summed E-state index contributed by atoms with van der Waals surface area (Å²) in [4.78, 5) is 12.7. The highest BCUT2D eigenvalue weighted by molar-refractivity contribution is 7.20. The SMILES string of the molecule is O=C(NCc1nnc(C2CC2)o1)c1cc2cc(F)ccc2s1. The van der Waals surface area contributed by atoms with Gasteiger partial charge >= 0.3 is 0 Å². The maximum atomic E-state index is 13.2. The molecule has 2 heterocycles. The van der Waals surface area contributed by atoms with Gasteiger partial charge in [-0.25, -0.2) is 4.39 Å². The first-order chi connectivity index (χ1) is 10.7. The fraction of sp³-hybridized carbons (Fsp3) is 0.267. The molecule has 0 radical (unpaired) electrons. The minimum Gasteiger partial charge on any atom is -0.423 e. The van der Waals surface area contributed by atoms with Gasteiger partial charge in [0.25, 0.3) is 5.91 Å². The van der Waals surface area contributed by atoms with Gasteiger partial charge in [0.2, 0.25) is 11.8 Å². The number of nitrogens with one attached hydrogen (secondary N) is 1. The van der Waals surface area contributed by atoms with E-state index in [4.69, 9.17) is 4.42 Å². The van der Waals surface area contributed by atoms with E-state index in [9.17, 15) is 9.18 Å². The largest absolute Gasteiger partial charge is 0.423 e. The van der Waals surface area contributed by atoms with Crippen molar-refractivity contribution in [2.24, 2.45) is 0 Å². The lowest BCUT2D eigenvalue weighted by Crippen LogP contribution is -2.21. The van der Waals surface area contributed by atoms with E-state index in [0.717, 1.165) is 22.9 Å². The number of carbonyl (C=O) groups is 1. The fourth-order valence-corrected chi connectivity index (χ4v) is 3.16. The summed E-state index contributed by atoms with van der Waals surface area (Å²) in [5.74, 6) is 0.918. The average molecular weight is 317 g/mol. The highest BCUT2D eigenvalue weighted by Gasteiger charge is 2.29. The van der Waals surface area contributed by atoms with Crippen LogP contribution in [0.15, 0.2) is 28.7 Å². The van der Waals surface area contributed by atoms with E-state index in [2.05, 4.69) is 15.5 Å². The number of halogens is 1. The molecule has 0 unspecified atom stereocenters. The summed E-state index contributed by atoms with van der Waals surface area (Å²) in [6.07, 6.45) is 2.18. The Labute approximate surface area is 129 Å². The monoisotopic (exact) mass is 317 g/mol. The summed E-state index contributed by atoms with van der Waals surface area (Å²) in [6, 6.07) is 6.16.